The number of Topliss-reactive ketones (excluding diaryl/α,β-unsaturated/α-hetero) is 1. The van der Waals surface area contributed by atoms with E-state index in [-0.39, 0.29) is 12.4 Å². The van der Waals surface area contributed by atoms with Gasteiger partial charge in [-0.05, 0) is 56.2 Å². The smallest absolute Gasteiger partial charge is 0.210 e. The average Bonchev–Trinajstić information content (AvgIpc) is 2.77. The molecular formula is C15H16O2S. The van der Waals surface area contributed by atoms with E-state index in [9.17, 15) is 4.79 Å². The summed E-state index contributed by atoms with van der Waals surface area (Å²) in [4.78, 5) is 13.8. The van der Waals surface area contributed by atoms with Crippen LogP contribution in [0.5, 0.6) is 5.75 Å². The highest BCUT2D eigenvalue weighted by Crippen LogP contribution is 2.18. The first-order chi connectivity index (χ1) is 8.56. The molecule has 0 aliphatic rings. The van der Waals surface area contributed by atoms with Gasteiger partial charge in [0, 0.05) is 4.88 Å². The summed E-state index contributed by atoms with van der Waals surface area (Å²) in [5, 5.41) is 0. The number of ether oxygens (including phenoxy) is 1. The van der Waals surface area contributed by atoms with Crippen LogP contribution in [0.25, 0.3) is 0 Å². The molecule has 1 aromatic carbocycles. The van der Waals surface area contributed by atoms with E-state index < -0.39 is 0 Å². The molecule has 0 aliphatic carbocycles. The van der Waals surface area contributed by atoms with Gasteiger partial charge in [-0.15, -0.1) is 11.3 Å². The molecule has 2 nitrogen and oxygen atoms in total. The van der Waals surface area contributed by atoms with E-state index in [4.69, 9.17) is 4.74 Å². The zero-order valence-electron chi connectivity index (χ0n) is 10.8. The quantitative estimate of drug-likeness (QED) is 0.778. The highest BCUT2D eigenvalue weighted by Gasteiger charge is 2.09. The van der Waals surface area contributed by atoms with Crippen LogP contribution in [-0.2, 0) is 0 Å². The van der Waals surface area contributed by atoms with E-state index in [1.807, 2.05) is 44.2 Å². The van der Waals surface area contributed by atoms with Crippen molar-refractivity contribution < 1.29 is 9.53 Å². The van der Waals surface area contributed by atoms with E-state index in [2.05, 4.69) is 6.92 Å². The van der Waals surface area contributed by atoms with E-state index >= 15 is 0 Å². The topological polar surface area (TPSA) is 26.3 Å². The summed E-state index contributed by atoms with van der Waals surface area (Å²) in [5.74, 6) is 0.783. The van der Waals surface area contributed by atoms with Crippen molar-refractivity contribution in [3.8, 4) is 5.75 Å². The van der Waals surface area contributed by atoms with Crippen molar-refractivity contribution in [1.29, 1.82) is 0 Å². The molecule has 18 heavy (non-hydrogen) atoms. The number of hydrogen-bond donors (Lipinski definition) is 0. The Hall–Kier alpha value is -1.61. The molecule has 0 amide bonds. The fourth-order valence-electron chi connectivity index (χ4n) is 1.61. The summed E-state index contributed by atoms with van der Waals surface area (Å²) >= 11 is 1.51. The standard InChI is InChI=1S/C15H16O2S/c1-10-4-6-13(8-11(10)2)17-9-14(16)15-7-5-12(3)18-15/h4-8H,9H2,1-3H3. The fourth-order valence-corrected chi connectivity index (χ4v) is 2.40. The molecule has 0 fully saturated rings. The molecule has 3 heteroatoms. The highest BCUT2D eigenvalue weighted by atomic mass is 32.1. The average molecular weight is 260 g/mol. The maximum Gasteiger partial charge on any atom is 0.210 e. The molecule has 0 atom stereocenters. The second kappa shape index (κ2) is 5.36. The lowest BCUT2D eigenvalue weighted by Gasteiger charge is -2.07. The minimum absolute atomic E-state index is 0.0336. The van der Waals surface area contributed by atoms with Crippen molar-refractivity contribution in [2.75, 3.05) is 6.61 Å². The van der Waals surface area contributed by atoms with Crippen molar-refractivity contribution in [3.05, 3.63) is 51.2 Å². The Labute approximate surface area is 111 Å². The van der Waals surface area contributed by atoms with Gasteiger partial charge < -0.3 is 4.74 Å². The Morgan fingerprint density at radius 1 is 1.11 bits per heavy atom. The molecule has 0 saturated carbocycles. The number of aryl methyl sites for hydroxylation is 3. The van der Waals surface area contributed by atoms with Crippen LogP contribution >= 0.6 is 11.3 Å². The second-order valence-electron chi connectivity index (χ2n) is 4.37. The zero-order valence-corrected chi connectivity index (χ0v) is 11.6. The maximum absolute atomic E-state index is 11.9. The van der Waals surface area contributed by atoms with Gasteiger partial charge in [0.1, 0.15) is 5.75 Å². The normalized spacial score (nSPS) is 10.4. The summed E-state index contributed by atoms with van der Waals surface area (Å²) in [7, 11) is 0. The van der Waals surface area contributed by atoms with Crippen LogP contribution in [0.4, 0.5) is 0 Å². The molecule has 2 aromatic rings. The number of thiophene rings is 1. The van der Waals surface area contributed by atoms with Crippen molar-refractivity contribution in [2.24, 2.45) is 0 Å². The Bertz CT molecular complexity index is 570. The molecule has 0 bridgehead atoms. The van der Waals surface area contributed by atoms with Gasteiger partial charge in [0.05, 0.1) is 4.88 Å². The molecule has 0 unspecified atom stereocenters. The number of carbonyl (C=O) groups excluding carboxylic acids is 1. The van der Waals surface area contributed by atoms with Gasteiger partial charge in [-0.1, -0.05) is 6.07 Å². The minimum Gasteiger partial charge on any atom is -0.485 e. The van der Waals surface area contributed by atoms with Gasteiger partial charge in [0.15, 0.2) is 6.61 Å². The van der Waals surface area contributed by atoms with Gasteiger partial charge in [-0.25, -0.2) is 0 Å². The third-order valence-corrected chi connectivity index (χ3v) is 3.91. The lowest BCUT2D eigenvalue weighted by Crippen LogP contribution is -2.10. The first kappa shape index (κ1) is 12.8. The van der Waals surface area contributed by atoms with Gasteiger partial charge in [0.25, 0.3) is 0 Å². The first-order valence-electron chi connectivity index (χ1n) is 5.86. The number of ketones is 1. The maximum atomic E-state index is 11.9. The fraction of sp³-hybridized carbons (Fsp3) is 0.267. The monoisotopic (exact) mass is 260 g/mol. The van der Waals surface area contributed by atoms with E-state index in [1.165, 1.54) is 22.5 Å². The number of rotatable bonds is 4. The van der Waals surface area contributed by atoms with E-state index in [0.717, 1.165) is 15.5 Å². The summed E-state index contributed by atoms with van der Waals surface area (Å²) in [5.41, 5.74) is 2.40. The van der Waals surface area contributed by atoms with Crippen LogP contribution in [0, 0.1) is 20.8 Å². The number of hydrogen-bond acceptors (Lipinski definition) is 3. The molecule has 2 rings (SSSR count). The minimum atomic E-state index is 0.0336. The Kier molecular flexibility index (Phi) is 3.82. The highest BCUT2D eigenvalue weighted by molar-refractivity contribution is 7.14. The van der Waals surface area contributed by atoms with Crippen LogP contribution in [0.3, 0.4) is 0 Å². The predicted molar refractivity (Wildman–Crippen MR) is 74.8 cm³/mol. The molecule has 0 radical (unpaired) electrons. The van der Waals surface area contributed by atoms with Crippen molar-refractivity contribution in [2.45, 2.75) is 20.8 Å². The van der Waals surface area contributed by atoms with Crippen LogP contribution in [0.15, 0.2) is 30.3 Å². The first-order valence-corrected chi connectivity index (χ1v) is 6.67. The SMILES string of the molecule is Cc1ccc(C(=O)COc2ccc(C)c(C)c2)s1. The molecule has 0 aliphatic heterocycles. The number of benzene rings is 1. The number of carbonyl (C=O) groups is 1. The van der Waals surface area contributed by atoms with Crippen molar-refractivity contribution >= 4 is 17.1 Å². The third-order valence-electron chi connectivity index (χ3n) is 2.86. The lowest BCUT2D eigenvalue weighted by molar-refractivity contribution is 0.0925. The molecule has 0 spiro atoms. The van der Waals surface area contributed by atoms with Crippen LogP contribution in [-0.4, -0.2) is 12.4 Å². The van der Waals surface area contributed by atoms with E-state index in [0.29, 0.717) is 0 Å². The van der Waals surface area contributed by atoms with Gasteiger partial charge in [0.2, 0.25) is 5.78 Å². The van der Waals surface area contributed by atoms with Gasteiger partial charge in [-0.3, -0.25) is 4.79 Å². The molecule has 1 heterocycles. The molecule has 1 aromatic heterocycles. The zero-order chi connectivity index (χ0) is 13.1. The predicted octanol–water partition coefficient (Wildman–Crippen LogP) is 3.94. The summed E-state index contributed by atoms with van der Waals surface area (Å²) in [6.07, 6.45) is 0. The van der Waals surface area contributed by atoms with Gasteiger partial charge >= 0.3 is 0 Å². The van der Waals surface area contributed by atoms with Crippen molar-refractivity contribution in [3.63, 3.8) is 0 Å². The largest absolute Gasteiger partial charge is 0.485 e. The Morgan fingerprint density at radius 3 is 2.50 bits per heavy atom. The Morgan fingerprint density at radius 2 is 1.89 bits per heavy atom. The molecule has 0 saturated heterocycles. The second-order valence-corrected chi connectivity index (χ2v) is 5.66. The van der Waals surface area contributed by atoms with Crippen LogP contribution in [0.2, 0.25) is 0 Å². The third kappa shape index (κ3) is 2.99. The van der Waals surface area contributed by atoms with Crippen LogP contribution in [0.1, 0.15) is 25.7 Å². The molecule has 94 valence electrons. The summed E-state index contributed by atoms with van der Waals surface area (Å²) < 4.78 is 5.52. The van der Waals surface area contributed by atoms with Gasteiger partial charge in [-0.2, -0.15) is 0 Å². The molecular weight excluding hydrogens is 244 g/mol. The molecule has 0 N–H and O–H groups in total. The summed E-state index contributed by atoms with van der Waals surface area (Å²) in [6.45, 7) is 6.18. The van der Waals surface area contributed by atoms with Crippen LogP contribution < -0.4 is 4.74 Å². The van der Waals surface area contributed by atoms with E-state index in [1.54, 1.807) is 0 Å². The summed E-state index contributed by atoms with van der Waals surface area (Å²) in [6, 6.07) is 9.67. The van der Waals surface area contributed by atoms with Crippen molar-refractivity contribution in [1.82, 2.24) is 0 Å². The lowest BCUT2D eigenvalue weighted by atomic mass is 10.1. The Balaban J connectivity index is 1.99.